The van der Waals surface area contributed by atoms with Gasteiger partial charge in [0.15, 0.2) is 0 Å². The van der Waals surface area contributed by atoms with Crippen LogP contribution in [-0.2, 0) is 11.2 Å². The average Bonchev–Trinajstić information content (AvgIpc) is 2.76. The Hall–Kier alpha value is -2.35. The van der Waals surface area contributed by atoms with Crippen molar-refractivity contribution in [2.75, 3.05) is 31.6 Å². The average molecular weight is 463 g/mol. The van der Waals surface area contributed by atoms with Gasteiger partial charge in [0.05, 0.1) is 5.69 Å². The van der Waals surface area contributed by atoms with E-state index in [-0.39, 0.29) is 23.9 Å². The Labute approximate surface area is 192 Å². The van der Waals surface area contributed by atoms with Crippen LogP contribution in [0.2, 0.25) is 5.02 Å². The maximum Gasteiger partial charge on any atom is 0.221 e. The maximum atomic E-state index is 13.6. The molecule has 2 aromatic carbocycles. The van der Waals surface area contributed by atoms with Gasteiger partial charge in [0.1, 0.15) is 35.6 Å². The first-order valence-corrected chi connectivity index (χ1v) is 11.3. The molecule has 2 aromatic rings. The van der Waals surface area contributed by atoms with Crippen LogP contribution >= 0.6 is 11.6 Å². The minimum absolute atomic E-state index is 0.00230. The first-order chi connectivity index (χ1) is 15.3. The Morgan fingerprint density at radius 3 is 2.81 bits per heavy atom. The molecule has 1 saturated heterocycles. The molecule has 32 heavy (non-hydrogen) atoms. The highest BCUT2D eigenvalue weighted by Crippen LogP contribution is 2.40. The lowest BCUT2D eigenvalue weighted by atomic mass is 9.83. The number of amides is 1. The Morgan fingerprint density at radius 2 is 2.06 bits per heavy atom. The third kappa shape index (κ3) is 5.52. The van der Waals surface area contributed by atoms with E-state index in [1.54, 1.807) is 0 Å². The molecule has 2 aliphatic rings. The van der Waals surface area contributed by atoms with Gasteiger partial charge < -0.3 is 24.8 Å². The minimum Gasteiger partial charge on any atom is -0.489 e. The summed E-state index contributed by atoms with van der Waals surface area (Å²) in [6.45, 7) is 3.46. The molecule has 0 aromatic heterocycles. The summed E-state index contributed by atoms with van der Waals surface area (Å²) < 4.78 is 25.6. The number of fused-ring (bicyclic) bond motifs is 1. The molecule has 6 nitrogen and oxygen atoms in total. The lowest BCUT2D eigenvalue weighted by Gasteiger charge is -2.45. The van der Waals surface area contributed by atoms with E-state index >= 15 is 0 Å². The largest absolute Gasteiger partial charge is 0.489 e. The highest BCUT2D eigenvalue weighted by atomic mass is 35.5. The molecule has 0 radical (unpaired) electrons. The molecule has 1 amide bonds. The standard InChI is InChI=1S/C24H28ClFN2O4/c1-16(29)27-21-4-3-19(26)13-23(21)31-15-20(30)14-28-10-8-24(9-11-28)7-6-17-12-18(25)2-5-22(17)32-24/h2-5,12-13,20,30H,6-11,14-15H2,1H3,(H,27,29)/t20-/m0/s1. The number of likely N-dealkylation sites (tertiary alicyclic amines) is 1. The summed E-state index contributed by atoms with van der Waals surface area (Å²) in [5.74, 6) is 0.375. The van der Waals surface area contributed by atoms with Gasteiger partial charge in [-0.05, 0) is 61.6 Å². The molecule has 2 aliphatic heterocycles. The zero-order chi connectivity index (χ0) is 22.7. The van der Waals surface area contributed by atoms with Crippen molar-refractivity contribution < 1.29 is 23.8 Å². The number of aliphatic hydroxyl groups excluding tert-OH is 1. The number of anilines is 1. The predicted molar refractivity (Wildman–Crippen MR) is 121 cm³/mol. The highest BCUT2D eigenvalue weighted by molar-refractivity contribution is 6.30. The fourth-order valence-corrected chi connectivity index (χ4v) is 4.62. The zero-order valence-electron chi connectivity index (χ0n) is 18.1. The molecule has 0 unspecified atom stereocenters. The fraction of sp³-hybridized carbons (Fsp3) is 0.458. The van der Waals surface area contributed by atoms with E-state index in [0.29, 0.717) is 12.2 Å². The number of halogens is 2. The second kappa shape index (κ2) is 9.65. The molecular formula is C24H28ClFN2O4. The van der Waals surface area contributed by atoms with Crippen molar-refractivity contribution >= 4 is 23.2 Å². The number of nitrogens with one attached hydrogen (secondary N) is 1. The second-order valence-corrected chi connectivity index (χ2v) is 9.06. The number of aryl methyl sites for hydroxylation is 1. The van der Waals surface area contributed by atoms with Crippen molar-refractivity contribution in [3.05, 3.63) is 52.8 Å². The van der Waals surface area contributed by atoms with E-state index < -0.39 is 11.9 Å². The van der Waals surface area contributed by atoms with Crippen LogP contribution in [0.25, 0.3) is 0 Å². The van der Waals surface area contributed by atoms with Crippen LogP contribution < -0.4 is 14.8 Å². The monoisotopic (exact) mass is 462 g/mol. The van der Waals surface area contributed by atoms with Crippen molar-refractivity contribution in [2.24, 2.45) is 0 Å². The van der Waals surface area contributed by atoms with Gasteiger partial charge in [0.25, 0.3) is 0 Å². The topological polar surface area (TPSA) is 71.0 Å². The third-order valence-electron chi connectivity index (χ3n) is 6.12. The Morgan fingerprint density at radius 1 is 1.28 bits per heavy atom. The quantitative estimate of drug-likeness (QED) is 0.678. The summed E-state index contributed by atoms with van der Waals surface area (Å²) in [4.78, 5) is 13.5. The number of nitrogens with zero attached hydrogens (tertiary/aromatic N) is 1. The molecule has 172 valence electrons. The number of β-amino-alcohol motifs (C(OH)–C–C–N with tert-alkyl or cyclic N) is 1. The molecule has 0 aliphatic carbocycles. The molecule has 4 rings (SSSR count). The van der Waals surface area contributed by atoms with Crippen LogP contribution in [0.1, 0.15) is 31.7 Å². The van der Waals surface area contributed by atoms with Gasteiger partial charge in [-0.3, -0.25) is 4.79 Å². The predicted octanol–water partition coefficient (Wildman–Crippen LogP) is 4.04. The number of benzene rings is 2. The molecule has 0 bridgehead atoms. The first-order valence-electron chi connectivity index (χ1n) is 10.9. The van der Waals surface area contributed by atoms with Gasteiger partial charge in [-0.2, -0.15) is 0 Å². The van der Waals surface area contributed by atoms with Crippen molar-refractivity contribution in [1.29, 1.82) is 0 Å². The molecule has 2 heterocycles. The number of rotatable bonds is 6. The van der Waals surface area contributed by atoms with Crippen LogP contribution in [0.15, 0.2) is 36.4 Å². The SMILES string of the molecule is CC(=O)Nc1ccc(F)cc1OC[C@@H](O)CN1CCC2(CCc3cc(Cl)ccc3O2)CC1. The van der Waals surface area contributed by atoms with Crippen LogP contribution in [0.5, 0.6) is 11.5 Å². The van der Waals surface area contributed by atoms with Crippen LogP contribution in [0.3, 0.4) is 0 Å². The molecule has 0 saturated carbocycles. The fourth-order valence-electron chi connectivity index (χ4n) is 4.43. The number of piperidine rings is 1. The molecule has 2 N–H and O–H groups in total. The van der Waals surface area contributed by atoms with Gasteiger partial charge in [-0.15, -0.1) is 0 Å². The second-order valence-electron chi connectivity index (χ2n) is 8.62. The van der Waals surface area contributed by atoms with E-state index in [0.717, 1.165) is 55.1 Å². The summed E-state index contributed by atoms with van der Waals surface area (Å²) in [5.41, 5.74) is 1.38. The van der Waals surface area contributed by atoms with Crippen LogP contribution in [-0.4, -0.2) is 53.9 Å². The number of carbonyl (C=O) groups excluding carboxylic acids is 1. The first kappa shape index (κ1) is 22.8. The zero-order valence-corrected chi connectivity index (χ0v) is 18.8. The Balaban J connectivity index is 1.27. The van der Waals surface area contributed by atoms with E-state index in [4.69, 9.17) is 21.1 Å². The normalized spacial score (nSPS) is 18.5. The molecule has 1 spiro atoms. The van der Waals surface area contributed by atoms with E-state index in [2.05, 4.69) is 10.2 Å². The third-order valence-corrected chi connectivity index (χ3v) is 6.36. The van der Waals surface area contributed by atoms with Gasteiger partial charge in [0.2, 0.25) is 5.91 Å². The molecule has 8 heteroatoms. The molecule has 1 atom stereocenters. The van der Waals surface area contributed by atoms with E-state index in [1.807, 2.05) is 18.2 Å². The van der Waals surface area contributed by atoms with Crippen molar-refractivity contribution in [3.8, 4) is 11.5 Å². The lowest BCUT2D eigenvalue weighted by Crippen LogP contribution is -2.51. The summed E-state index contributed by atoms with van der Waals surface area (Å²) in [6, 6.07) is 9.69. The number of hydrogen-bond acceptors (Lipinski definition) is 5. The summed E-state index contributed by atoms with van der Waals surface area (Å²) in [6.07, 6.45) is 2.95. The summed E-state index contributed by atoms with van der Waals surface area (Å²) in [7, 11) is 0. The number of carbonyl (C=O) groups is 1. The lowest BCUT2D eigenvalue weighted by molar-refractivity contribution is -0.114. The van der Waals surface area contributed by atoms with E-state index in [1.165, 1.54) is 25.1 Å². The number of ether oxygens (including phenoxy) is 2. The number of hydrogen-bond donors (Lipinski definition) is 2. The Kier molecular flexibility index (Phi) is 6.88. The summed E-state index contributed by atoms with van der Waals surface area (Å²) in [5, 5.41) is 13.8. The van der Waals surface area contributed by atoms with Crippen molar-refractivity contribution in [3.63, 3.8) is 0 Å². The van der Waals surface area contributed by atoms with Crippen LogP contribution in [0.4, 0.5) is 10.1 Å². The van der Waals surface area contributed by atoms with Gasteiger partial charge in [0, 0.05) is 37.6 Å². The van der Waals surface area contributed by atoms with Crippen LogP contribution in [0, 0.1) is 5.82 Å². The smallest absolute Gasteiger partial charge is 0.221 e. The van der Waals surface area contributed by atoms with Gasteiger partial charge in [-0.1, -0.05) is 11.6 Å². The molecule has 1 fully saturated rings. The van der Waals surface area contributed by atoms with Crippen molar-refractivity contribution in [1.82, 2.24) is 4.90 Å². The van der Waals surface area contributed by atoms with Gasteiger partial charge in [-0.25, -0.2) is 4.39 Å². The maximum absolute atomic E-state index is 13.6. The van der Waals surface area contributed by atoms with E-state index in [9.17, 15) is 14.3 Å². The number of aliphatic hydroxyl groups is 1. The summed E-state index contributed by atoms with van der Waals surface area (Å²) >= 11 is 6.09. The Bertz CT molecular complexity index is 978. The minimum atomic E-state index is -0.743. The van der Waals surface area contributed by atoms with Crippen molar-refractivity contribution in [2.45, 2.75) is 44.3 Å². The highest BCUT2D eigenvalue weighted by Gasteiger charge is 2.39. The van der Waals surface area contributed by atoms with Gasteiger partial charge >= 0.3 is 0 Å². The molecular weight excluding hydrogens is 435 g/mol.